The van der Waals surface area contributed by atoms with Crippen LogP contribution in [-0.4, -0.2) is 20.5 Å². The number of nitrogens with zero attached hydrogens (tertiary/aromatic N) is 2. The molecule has 1 N–H and O–H groups in total. The van der Waals surface area contributed by atoms with Crippen LogP contribution in [-0.2, 0) is 0 Å². The van der Waals surface area contributed by atoms with Gasteiger partial charge in [0.05, 0.1) is 0 Å². The average Bonchev–Trinajstić information content (AvgIpc) is 2.78. The molecular formula is C15H12N2O2. The molecule has 0 aliphatic carbocycles. The Morgan fingerprint density at radius 2 is 1.89 bits per heavy atom. The highest BCUT2D eigenvalue weighted by Gasteiger charge is 2.19. The lowest BCUT2D eigenvalue weighted by atomic mass is 10.1. The summed E-state index contributed by atoms with van der Waals surface area (Å²) in [6.07, 6.45) is 1.71. The van der Waals surface area contributed by atoms with Crippen LogP contribution in [0.25, 0.3) is 16.9 Å². The summed E-state index contributed by atoms with van der Waals surface area (Å²) in [5.41, 5.74) is 3.27. The van der Waals surface area contributed by atoms with Crippen molar-refractivity contribution in [3.05, 3.63) is 59.9 Å². The normalized spacial score (nSPS) is 10.8. The molecular weight excluding hydrogens is 240 g/mol. The van der Waals surface area contributed by atoms with Gasteiger partial charge in [0.25, 0.3) is 0 Å². The summed E-state index contributed by atoms with van der Waals surface area (Å²) in [4.78, 5) is 15.9. The highest BCUT2D eigenvalue weighted by Crippen LogP contribution is 2.24. The molecule has 2 aromatic heterocycles. The number of carboxylic acid groups (broad SMARTS) is 1. The standard InChI is InChI=1S/C15H12N2O2/c1-10-5-7-11(8-6-10)13-14(15(18)19)17-9-3-2-4-12(17)16-13/h2-9H,1H3,(H,18,19). The molecule has 2 heterocycles. The van der Waals surface area contributed by atoms with E-state index in [0.717, 1.165) is 11.1 Å². The monoisotopic (exact) mass is 252 g/mol. The van der Waals surface area contributed by atoms with E-state index in [4.69, 9.17) is 0 Å². The smallest absolute Gasteiger partial charge is 0.355 e. The summed E-state index contributed by atoms with van der Waals surface area (Å²) in [7, 11) is 0. The van der Waals surface area contributed by atoms with Crippen LogP contribution in [0.2, 0.25) is 0 Å². The van der Waals surface area contributed by atoms with Crippen LogP contribution in [0.4, 0.5) is 0 Å². The average molecular weight is 252 g/mol. The molecule has 3 rings (SSSR count). The summed E-state index contributed by atoms with van der Waals surface area (Å²) in [5, 5.41) is 9.41. The van der Waals surface area contributed by atoms with E-state index in [1.54, 1.807) is 22.7 Å². The zero-order chi connectivity index (χ0) is 13.4. The molecule has 1 aromatic carbocycles. The third-order valence-electron chi connectivity index (χ3n) is 3.06. The Morgan fingerprint density at radius 1 is 1.16 bits per heavy atom. The molecule has 0 unspecified atom stereocenters. The van der Waals surface area contributed by atoms with Gasteiger partial charge in [0.2, 0.25) is 0 Å². The van der Waals surface area contributed by atoms with Crippen molar-refractivity contribution in [3.63, 3.8) is 0 Å². The molecule has 0 aliphatic rings. The second-order valence-electron chi connectivity index (χ2n) is 4.41. The first kappa shape index (κ1) is 11.5. The first-order valence-electron chi connectivity index (χ1n) is 5.94. The van der Waals surface area contributed by atoms with Gasteiger partial charge in [0, 0.05) is 11.8 Å². The molecule has 0 spiro atoms. The predicted molar refractivity (Wildman–Crippen MR) is 72.3 cm³/mol. The molecule has 4 nitrogen and oxygen atoms in total. The van der Waals surface area contributed by atoms with Crippen LogP contribution in [0.15, 0.2) is 48.7 Å². The van der Waals surface area contributed by atoms with E-state index >= 15 is 0 Å². The lowest BCUT2D eigenvalue weighted by Gasteiger charge is -2.01. The van der Waals surface area contributed by atoms with Gasteiger partial charge in [-0.1, -0.05) is 35.9 Å². The highest BCUT2D eigenvalue weighted by atomic mass is 16.4. The Kier molecular flexibility index (Phi) is 2.56. The lowest BCUT2D eigenvalue weighted by Crippen LogP contribution is -2.03. The van der Waals surface area contributed by atoms with Crippen LogP contribution >= 0.6 is 0 Å². The van der Waals surface area contributed by atoms with Gasteiger partial charge in [-0.25, -0.2) is 9.78 Å². The number of aromatic nitrogens is 2. The maximum absolute atomic E-state index is 11.5. The molecule has 0 saturated heterocycles. The molecule has 3 aromatic rings. The Balaban J connectivity index is 2.31. The Bertz CT molecular complexity index is 757. The van der Waals surface area contributed by atoms with E-state index < -0.39 is 5.97 Å². The fraction of sp³-hybridized carbons (Fsp3) is 0.0667. The van der Waals surface area contributed by atoms with Crippen LogP contribution in [0, 0.1) is 6.92 Å². The number of aromatic carboxylic acids is 1. The van der Waals surface area contributed by atoms with Gasteiger partial charge in [-0.3, -0.25) is 4.40 Å². The summed E-state index contributed by atoms with van der Waals surface area (Å²) in [6.45, 7) is 1.99. The molecule has 0 fully saturated rings. The van der Waals surface area contributed by atoms with E-state index in [2.05, 4.69) is 4.98 Å². The fourth-order valence-corrected chi connectivity index (χ4v) is 2.11. The van der Waals surface area contributed by atoms with Gasteiger partial charge in [-0.15, -0.1) is 0 Å². The fourth-order valence-electron chi connectivity index (χ4n) is 2.11. The number of carboxylic acids is 1. The second-order valence-corrected chi connectivity index (χ2v) is 4.41. The third-order valence-corrected chi connectivity index (χ3v) is 3.06. The molecule has 0 amide bonds. The topological polar surface area (TPSA) is 54.6 Å². The number of hydrogen-bond donors (Lipinski definition) is 1. The Labute approximate surface area is 110 Å². The SMILES string of the molecule is Cc1ccc(-c2nc3ccccn3c2C(=O)O)cc1. The quantitative estimate of drug-likeness (QED) is 0.762. The van der Waals surface area contributed by atoms with Crippen molar-refractivity contribution in [1.29, 1.82) is 0 Å². The van der Waals surface area contributed by atoms with Crippen molar-refractivity contribution in [2.75, 3.05) is 0 Å². The molecule has 0 bridgehead atoms. The van der Waals surface area contributed by atoms with E-state index in [1.807, 2.05) is 37.3 Å². The van der Waals surface area contributed by atoms with Crippen LogP contribution in [0.5, 0.6) is 0 Å². The van der Waals surface area contributed by atoms with Crippen LogP contribution in [0.3, 0.4) is 0 Å². The summed E-state index contributed by atoms with van der Waals surface area (Å²) < 4.78 is 1.59. The number of rotatable bonds is 2. The summed E-state index contributed by atoms with van der Waals surface area (Å²) in [5.74, 6) is -0.978. The zero-order valence-electron chi connectivity index (χ0n) is 10.4. The van der Waals surface area contributed by atoms with E-state index in [-0.39, 0.29) is 5.69 Å². The minimum Gasteiger partial charge on any atom is -0.476 e. The van der Waals surface area contributed by atoms with Crippen molar-refractivity contribution < 1.29 is 9.90 Å². The van der Waals surface area contributed by atoms with Crippen molar-refractivity contribution in [2.45, 2.75) is 6.92 Å². The highest BCUT2D eigenvalue weighted by molar-refractivity contribution is 5.94. The molecule has 0 aliphatic heterocycles. The molecule has 19 heavy (non-hydrogen) atoms. The largest absolute Gasteiger partial charge is 0.476 e. The van der Waals surface area contributed by atoms with Crippen molar-refractivity contribution >= 4 is 11.6 Å². The van der Waals surface area contributed by atoms with E-state index in [9.17, 15) is 9.90 Å². The van der Waals surface area contributed by atoms with Crippen molar-refractivity contribution in [3.8, 4) is 11.3 Å². The number of imidazole rings is 1. The van der Waals surface area contributed by atoms with Gasteiger partial charge in [0.1, 0.15) is 11.3 Å². The molecule has 4 heteroatoms. The van der Waals surface area contributed by atoms with Crippen LogP contribution < -0.4 is 0 Å². The Morgan fingerprint density at radius 3 is 2.58 bits per heavy atom. The number of fused-ring (bicyclic) bond motifs is 1. The summed E-state index contributed by atoms with van der Waals surface area (Å²) >= 11 is 0. The minimum atomic E-state index is -0.978. The van der Waals surface area contributed by atoms with Crippen molar-refractivity contribution in [1.82, 2.24) is 9.38 Å². The number of hydrogen-bond acceptors (Lipinski definition) is 2. The molecule has 0 saturated carbocycles. The maximum Gasteiger partial charge on any atom is 0.355 e. The number of carbonyl (C=O) groups is 1. The second kappa shape index (κ2) is 4.24. The van der Waals surface area contributed by atoms with Gasteiger partial charge < -0.3 is 5.11 Å². The van der Waals surface area contributed by atoms with Gasteiger partial charge >= 0.3 is 5.97 Å². The Hall–Kier alpha value is -2.62. The number of benzene rings is 1. The van der Waals surface area contributed by atoms with Gasteiger partial charge in [-0.05, 0) is 19.1 Å². The molecule has 94 valence electrons. The number of pyridine rings is 1. The first-order chi connectivity index (χ1) is 9.16. The van der Waals surface area contributed by atoms with Crippen LogP contribution in [0.1, 0.15) is 16.1 Å². The third kappa shape index (κ3) is 1.87. The maximum atomic E-state index is 11.5. The number of aryl methyl sites for hydroxylation is 1. The van der Waals surface area contributed by atoms with Gasteiger partial charge in [-0.2, -0.15) is 0 Å². The lowest BCUT2D eigenvalue weighted by molar-refractivity contribution is 0.0690. The van der Waals surface area contributed by atoms with E-state index in [1.165, 1.54) is 0 Å². The van der Waals surface area contributed by atoms with Gasteiger partial charge in [0.15, 0.2) is 5.69 Å². The van der Waals surface area contributed by atoms with Crippen molar-refractivity contribution in [2.24, 2.45) is 0 Å². The zero-order valence-corrected chi connectivity index (χ0v) is 10.4. The predicted octanol–water partition coefficient (Wildman–Crippen LogP) is 3.01. The molecule has 0 radical (unpaired) electrons. The minimum absolute atomic E-state index is 0.194. The summed E-state index contributed by atoms with van der Waals surface area (Å²) in [6, 6.07) is 13.1. The first-order valence-corrected chi connectivity index (χ1v) is 5.94. The van der Waals surface area contributed by atoms with E-state index in [0.29, 0.717) is 11.3 Å². The molecule has 0 atom stereocenters.